The summed E-state index contributed by atoms with van der Waals surface area (Å²) in [4.78, 5) is 21.5. The zero-order chi connectivity index (χ0) is 19.9. The van der Waals surface area contributed by atoms with Crippen LogP contribution in [0.2, 0.25) is 0 Å². The van der Waals surface area contributed by atoms with Crippen LogP contribution >= 0.6 is 0 Å². The summed E-state index contributed by atoms with van der Waals surface area (Å²) in [5.74, 6) is 0.963. The molecule has 2 fully saturated rings. The third-order valence-corrected chi connectivity index (χ3v) is 5.68. The average molecular weight is 395 g/mol. The molecule has 1 N–H and O–H groups in total. The topological polar surface area (TPSA) is 57.7 Å². The van der Waals surface area contributed by atoms with Gasteiger partial charge in [-0.3, -0.25) is 14.7 Å². The predicted molar refractivity (Wildman–Crippen MR) is 113 cm³/mol. The number of hydrogen-bond donors (Lipinski definition) is 1. The molecule has 2 saturated heterocycles. The number of aromatic nitrogens is 1. The molecule has 0 unspecified atom stereocenters. The number of piperidine rings is 1. The van der Waals surface area contributed by atoms with Crippen LogP contribution in [0.4, 0.5) is 0 Å². The Hall–Kier alpha value is -2.44. The zero-order valence-electron chi connectivity index (χ0n) is 16.9. The van der Waals surface area contributed by atoms with Crippen molar-refractivity contribution in [3.05, 3.63) is 59.9 Å². The lowest BCUT2D eigenvalue weighted by atomic mass is 10.1. The van der Waals surface area contributed by atoms with Gasteiger partial charge in [-0.05, 0) is 62.2 Å². The fourth-order valence-corrected chi connectivity index (χ4v) is 4.01. The van der Waals surface area contributed by atoms with Crippen LogP contribution in [0.1, 0.15) is 35.3 Å². The number of nitrogens with one attached hydrogen (secondary N) is 1. The normalized spacial score (nSPS) is 19.0. The number of benzene rings is 1. The summed E-state index contributed by atoms with van der Waals surface area (Å²) in [7, 11) is 0. The van der Waals surface area contributed by atoms with E-state index in [2.05, 4.69) is 21.3 Å². The van der Waals surface area contributed by atoms with Crippen LogP contribution in [0.25, 0.3) is 0 Å². The molecule has 0 aliphatic carbocycles. The monoisotopic (exact) mass is 394 g/mol. The third kappa shape index (κ3) is 5.55. The number of ether oxygens (including phenoxy) is 1. The molecule has 0 bridgehead atoms. The Labute approximate surface area is 172 Å². The summed E-state index contributed by atoms with van der Waals surface area (Å²) in [6.07, 6.45) is 5.10. The van der Waals surface area contributed by atoms with Crippen LogP contribution < -0.4 is 10.1 Å². The van der Waals surface area contributed by atoms with Gasteiger partial charge in [0.1, 0.15) is 11.9 Å². The highest BCUT2D eigenvalue weighted by Gasteiger charge is 2.21. The molecule has 2 aromatic rings. The van der Waals surface area contributed by atoms with Crippen molar-refractivity contribution in [1.82, 2.24) is 20.1 Å². The van der Waals surface area contributed by atoms with Gasteiger partial charge in [-0.25, -0.2) is 0 Å². The van der Waals surface area contributed by atoms with Gasteiger partial charge >= 0.3 is 0 Å². The van der Waals surface area contributed by atoms with Crippen molar-refractivity contribution in [2.45, 2.75) is 31.9 Å². The first-order chi connectivity index (χ1) is 14.3. The van der Waals surface area contributed by atoms with Gasteiger partial charge in [0.25, 0.3) is 5.91 Å². The van der Waals surface area contributed by atoms with E-state index in [0.29, 0.717) is 0 Å². The van der Waals surface area contributed by atoms with E-state index in [4.69, 9.17) is 4.74 Å². The first-order valence-electron chi connectivity index (χ1n) is 10.7. The van der Waals surface area contributed by atoms with E-state index in [1.165, 1.54) is 0 Å². The second-order valence-corrected chi connectivity index (χ2v) is 7.83. The van der Waals surface area contributed by atoms with Crippen molar-refractivity contribution in [3.8, 4) is 5.75 Å². The van der Waals surface area contributed by atoms with Crippen LogP contribution in [0, 0.1) is 0 Å². The van der Waals surface area contributed by atoms with E-state index in [1.807, 2.05) is 47.5 Å². The first-order valence-corrected chi connectivity index (χ1v) is 10.7. The second-order valence-electron chi connectivity index (χ2n) is 7.83. The number of hydrogen-bond acceptors (Lipinski definition) is 5. The molecule has 1 amide bonds. The molecule has 29 heavy (non-hydrogen) atoms. The number of nitrogens with zero attached hydrogens (tertiary/aromatic N) is 3. The Morgan fingerprint density at radius 3 is 2.62 bits per heavy atom. The van der Waals surface area contributed by atoms with Gasteiger partial charge in [-0.2, -0.15) is 0 Å². The summed E-state index contributed by atoms with van der Waals surface area (Å²) >= 11 is 0. The highest BCUT2D eigenvalue weighted by molar-refractivity contribution is 5.94. The molecular weight excluding hydrogens is 364 g/mol. The summed E-state index contributed by atoms with van der Waals surface area (Å²) in [5.41, 5.74) is 1.86. The molecule has 6 nitrogen and oxygen atoms in total. The van der Waals surface area contributed by atoms with E-state index >= 15 is 0 Å². The molecule has 1 aromatic carbocycles. The molecule has 3 heterocycles. The number of likely N-dealkylation sites (tertiary alicyclic amines) is 1. The molecule has 154 valence electrons. The molecule has 4 rings (SSSR count). The van der Waals surface area contributed by atoms with E-state index in [-0.39, 0.29) is 12.0 Å². The number of carbonyl (C=O) groups excluding carboxylic acids is 1. The van der Waals surface area contributed by atoms with Gasteiger partial charge in [0, 0.05) is 51.0 Å². The maximum Gasteiger partial charge on any atom is 0.253 e. The number of amides is 1. The third-order valence-electron chi connectivity index (χ3n) is 5.68. The van der Waals surface area contributed by atoms with E-state index in [1.54, 1.807) is 0 Å². The lowest BCUT2D eigenvalue weighted by Gasteiger charge is -2.32. The minimum atomic E-state index is 0.114. The Balaban J connectivity index is 1.25. The van der Waals surface area contributed by atoms with Crippen molar-refractivity contribution in [2.24, 2.45) is 0 Å². The van der Waals surface area contributed by atoms with Gasteiger partial charge in [-0.1, -0.05) is 6.07 Å². The molecule has 2 aliphatic heterocycles. The number of rotatable bonds is 5. The van der Waals surface area contributed by atoms with E-state index < -0.39 is 0 Å². The Kier molecular flexibility index (Phi) is 6.75. The van der Waals surface area contributed by atoms with Crippen LogP contribution in [-0.2, 0) is 6.54 Å². The largest absolute Gasteiger partial charge is 0.490 e. The van der Waals surface area contributed by atoms with Crippen LogP contribution in [0.15, 0.2) is 48.7 Å². The van der Waals surface area contributed by atoms with Crippen LogP contribution in [-0.4, -0.2) is 66.1 Å². The lowest BCUT2D eigenvalue weighted by molar-refractivity contribution is 0.0766. The maximum atomic E-state index is 12.7. The molecule has 1 aromatic heterocycles. The van der Waals surface area contributed by atoms with Crippen molar-refractivity contribution >= 4 is 5.91 Å². The minimum Gasteiger partial charge on any atom is -0.490 e. The van der Waals surface area contributed by atoms with Gasteiger partial charge in [-0.15, -0.1) is 0 Å². The second kappa shape index (κ2) is 9.85. The maximum absolute atomic E-state index is 12.7. The summed E-state index contributed by atoms with van der Waals surface area (Å²) in [6, 6.07) is 13.7. The fraction of sp³-hybridized carbons (Fsp3) is 0.478. The van der Waals surface area contributed by atoms with Crippen LogP contribution in [0.3, 0.4) is 0 Å². The SMILES string of the molecule is O=C(c1ccc(OC2CCN(Cc3ccccn3)CC2)cc1)N1CCCNCC1. The quantitative estimate of drug-likeness (QED) is 0.845. The Morgan fingerprint density at radius 1 is 1.03 bits per heavy atom. The smallest absolute Gasteiger partial charge is 0.253 e. The average Bonchev–Trinajstić information content (AvgIpc) is 3.06. The summed E-state index contributed by atoms with van der Waals surface area (Å²) in [6.45, 7) is 6.37. The van der Waals surface area contributed by atoms with Crippen molar-refractivity contribution < 1.29 is 9.53 Å². The molecule has 0 spiro atoms. The summed E-state index contributed by atoms with van der Waals surface area (Å²) < 4.78 is 6.18. The molecule has 0 radical (unpaired) electrons. The minimum absolute atomic E-state index is 0.114. The van der Waals surface area contributed by atoms with E-state index in [9.17, 15) is 4.79 Å². The van der Waals surface area contributed by atoms with Crippen molar-refractivity contribution in [2.75, 3.05) is 39.3 Å². The van der Waals surface area contributed by atoms with Crippen LogP contribution in [0.5, 0.6) is 5.75 Å². The molecule has 2 aliphatic rings. The van der Waals surface area contributed by atoms with Gasteiger partial charge in [0.2, 0.25) is 0 Å². The number of carbonyl (C=O) groups is 1. The first kappa shape index (κ1) is 19.9. The van der Waals surface area contributed by atoms with Gasteiger partial charge in [0.15, 0.2) is 0 Å². The Morgan fingerprint density at radius 2 is 1.86 bits per heavy atom. The molecular formula is C23H30N4O2. The Bertz CT molecular complexity index is 765. The summed E-state index contributed by atoms with van der Waals surface area (Å²) in [5, 5.41) is 3.33. The molecule has 6 heteroatoms. The fourth-order valence-electron chi connectivity index (χ4n) is 4.01. The molecule has 0 saturated carbocycles. The predicted octanol–water partition coefficient (Wildman–Crippen LogP) is 2.56. The highest BCUT2D eigenvalue weighted by atomic mass is 16.5. The van der Waals surface area contributed by atoms with Crippen molar-refractivity contribution in [3.63, 3.8) is 0 Å². The lowest BCUT2D eigenvalue weighted by Crippen LogP contribution is -2.38. The number of pyridine rings is 1. The zero-order valence-corrected chi connectivity index (χ0v) is 16.9. The van der Waals surface area contributed by atoms with Gasteiger partial charge in [0.05, 0.1) is 5.69 Å². The van der Waals surface area contributed by atoms with E-state index in [0.717, 1.165) is 82.1 Å². The molecule has 0 atom stereocenters. The van der Waals surface area contributed by atoms with Gasteiger partial charge < -0.3 is 15.0 Å². The van der Waals surface area contributed by atoms with Crippen molar-refractivity contribution in [1.29, 1.82) is 0 Å². The highest BCUT2D eigenvalue weighted by Crippen LogP contribution is 2.21. The standard InChI is InChI=1S/C23H30N4O2/c28-23(27-14-3-11-24-13-17-27)19-5-7-21(8-6-19)29-22-9-15-26(16-10-22)18-20-4-1-2-12-25-20/h1-2,4-8,12,22,24H,3,9-11,13-18H2.